The topological polar surface area (TPSA) is 47.6 Å². The lowest BCUT2D eigenvalue weighted by Gasteiger charge is -2.10. The fourth-order valence-electron chi connectivity index (χ4n) is 2.00. The van der Waals surface area contributed by atoms with E-state index < -0.39 is 5.82 Å². The van der Waals surface area contributed by atoms with Gasteiger partial charge in [0.2, 0.25) is 0 Å². The Morgan fingerprint density at radius 2 is 2.00 bits per heavy atom. The van der Waals surface area contributed by atoms with Gasteiger partial charge < -0.3 is 14.8 Å². The molecule has 0 fully saturated rings. The zero-order chi connectivity index (χ0) is 15.8. The largest absolute Gasteiger partial charge is 0.496 e. The third-order valence-corrected chi connectivity index (χ3v) is 3.08. The molecule has 0 spiro atoms. The molecule has 0 radical (unpaired) electrons. The number of para-hydroxylation sites is 1. The molecule has 2 rings (SSSR count). The van der Waals surface area contributed by atoms with Crippen LogP contribution in [0.4, 0.5) is 4.39 Å². The molecule has 0 aromatic heterocycles. The Morgan fingerprint density at radius 1 is 1.18 bits per heavy atom. The van der Waals surface area contributed by atoms with Crippen LogP contribution in [-0.2, 0) is 11.2 Å². The first-order chi connectivity index (χ1) is 10.7. The molecule has 0 bridgehead atoms. The highest BCUT2D eigenvalue weighted by Gasteiger charge is 2.05. The van der Waals surface area contributed by atoms with E-state index in [1.165, 1.54) is 18.2 Å². The highest BCUT2D eigenvalue weighted by atomic mass is 19.1. The molecular weight excluding hydrogens is 285 g/mol. The average Bonchev–Trinajstić information content (AvgIpc) is 2.53. The second-order valence-corrected chi connectivity index (χ2v) is 4.66. The number of carbonyl (C=O) groups excluding carboxylic acids is 1. The molecule has 22 heavy (non-hydrogen) atoms. The molecule has 0 aliphatic heterocycles. The number of methoxy groups -OCH3 is 1. The normalized spacial score (nSPS) is 10.1. The summed E-state index contributed by atoms with van der Waals surface area (Å²) in [4.78, 5) is 11.7. The number of amides is 1. The molecule has 1 N–H and O–H groups in total. The molecule has 4 nitrogen and oxygen atoms in total. The third-order valence-electron chi connectivity index (χ3n) is 3.08. The lowest BCUT2D eigenvalue weighted by atomic mass is 10.1. The molecule has 0 saturated heterocycles. The molecular formula is C17H18FNO3. The summed E-state index contributed by atoms with van der Waals surface area (Å²) >= 11 is 0. The van der Waals surface area contributed by atoms with Gasteiger partial charge in [0.15, 0.2) is 6.61 Å². The van der Waals surface area contributed by atoms with Gasteiger partial charge in [-0.2, -0.15) is 0 Å². The van der Waals surface area contributed by atoms with E-state index in [0.717, 1.165) is 11.3 Å². The fraction of sp³-hybridized carbons (Fsp3) is 0.235. The summed E-state index contributed by atoms with van der Waals surface area (Å²) in [5.41, 5.74) is 1.02. The molecule has 0 heterocycles. The SMILES string of the molecule is COc1ccccc1CCNC(=O)COc1cccc(F)c1. The van der Waals surface area contributed by atoms with Crippen molar-refractivity contribution in [2.24, 2.45) is 0 Å². The maximum Gasteiger partial charge on any atom is 0.257 e. The number of hydrogen-bond donors (Lipinski definition) is 1. The van der Waals surface area contributed by atoms with Crippen LogP contribution in [0.2, 0.25) is 0 Å². The first-order valence-electron chi connectivity index (χ1n) is 6.96. The predicted octanol–water partition coefficient (Wildman–Crippen LogP) is 2.57. The molecule has 0 aliphatic rings. The number of nitrogens with one attached hydrogen (secondary N) is 1. The fourth-order valence-corrected chi connectivity index (χ4v) is 2.00. The van der Waals surface area contributed by atoms with E-state index in [1.54, 1.807) is 13.2 Å². The summed E-state index contributed by atoms with van der Waals surface area (Å²) in [6.07, 6.45) is 0.662. The Kier molecular flexibility index (Phi) is 5.77. The van der Waals surface area contributed by atoms with E-state index in [-0.39, 0.29) is 12.5 Å². The quantitative estimate of drug-likeness (QED) is 0.855. The van der Waals surface area contributed by atoms with Crippen molar-refractivity contribution in [1.29, 1.82) is 0 Å². The Labute approximate surface area is 128 Å². The number of rotatable bonds is 7. The molecule has 5 heteroatoms. The molecule has 116 valence electrons. The summed E-state index contributed by atoms with van der Waals surface area (Å²) in [6, 6.07) is 13.3. The number of carbonyl (C=O) groups is 1. The number of hydrogen-bond acceptors (Lipinski definition) is 3. The molecule has 2 aromatic carbocycles. The number of ether oxygens (including phenoxy) is 2. The van der Waals surface area contributed by atoms with Crippen LogP contribution in [0.5, 0.6) is 11.5 Å². The first kappa shape index (κ1) is 15.8. The van der Waals surface area contributed by atoms with Gasteiger partial charge in [0.05, 0.1) is 7.11 Å². The standard InChI is InChI=1S/C17H18FNO3/c1-21-16-8-3-2-5-13(16)9-10-19-17(20)12-22-15-7-4-6-14(18)11-15/h2-8,11H,9-10,12H2,1H3,(H,19,20). The van der Waals surface area contributed by atoms with Gasteiger partial charge in [-0.15, -0.1) is 0 Å². The van der Waals surface area contributed by atoms with Crippen LogP contribution < -0.4 is 14.8 Å². The Bertz CT molecular complexity index is 631. The summed E-state index contributed by atoms with van der Waals surface area (Å²) in [5, 5.41) is 2.75. The molecule has 0 unspecified atom stereocenters. The van der Waals surface area contributed by atoms with E-state index in [4.69, 9.17) is 9.47 Å². The molecule has 0 saturated carbocycles. The average molecular weight is 303 g/mol. The lowest BCUT2D eigenvalue weighted by molar-refractivity contribution is -0.123. The highest BCUT2D eigenvalue weighted by Crippen LogP contribution is 2.17. The smallest absolute Gasteiger partial charge is 0.257 e. The second-order valence-electron chi connectivity index (χ2n) is 4.66. The van der Waals surface area contributed by atoms with E-state index in [0.29, 0.717) is 18.7 Å². The van der Waals surface area contributed by atoms with Crippen molar-refractivity contribution in [3.8, 4) is 11.5 Å². The van der Waals surface area contributed by atoms with Crippen molar-refractivity contribution < 1.29 is 18.7 Å². The Balaban J connectivity index is 1.74. The van der Waals surface area contributed by atoms with Crippen LogP contribution in [0.25, 0.3) is 0 Å². The van der Waals surface area contributed by atoms with Crippen molar-refractivity contribution >= 4 is 5.91 Å². The maximum absolute atomic E-state index is 13.0. The van der Waals surface area contributed by atoms with Gasteiger partial charge in [0.1, 0.15) is 17.3 Å². The number of benzene rings is 2. The Morgan fingerprint density at radius 3 is 2.77 bits per heavy atom. The minimum Gasteiger partial charge on any atom is -0.496 e. The number of halogens is 1. The van der Waals surface area contributed by atoms with Crippen LogP contribution in [0.1, 0.15) is 5.56 Å². The minimum absolute atomic E-state index is 0.143. The first-order valence-corrected chi connectivity index (χ1v) is 6.96. The summed E-state index contributed by atoms with van der Waals surface area (Å²) in [6.45, 7) is 0.334. The van der Waals surface area contributed by atoms with Gasteiger partial charge in [0, 0.05) is 12.6 Å². The monoisotopic (exact) mass is 303 g/mol. The van der Waals surface area contributed by atoms with Gasteiger partial charge in [-0.25, -0.2) is 4.39 Å². The predicted molar refractivity (Wildman–Crippen MR) is 81.6 cm³/mol. The third kappa shape index (κ3) is 4.77. The molecule has 2 aromatic rings. The summed E-state index contributed by atoms with van der Waals surface area (Å²) in [5.74, 6) is 0.487. The van der Waals surface area contributed by atoms with Gasteiger partial charge in [-0.1, -0.05) is 24.3 Å². The Hall–Kier alpha value is -2.56. The second kappa shape index (κ2) is 8.02. The van der Waals surface area contributed by atoms with Crippen molar-refractivity contribution in [3.05, 3.63) is 59.9 Å². The summed E-state index contributed by atoms with van der Waals surface area (Å²) < 4.78 is 23.4. The van der Waals surface area contributed by atoms with Crippen LogP contribution in [0.3, 0.4) is 0 Å². The van der Waals surface area contributed by atoms with Crippen molar-refractivity contribution in [2.75, 3.05) is 20.3 Å². The minimum atomic E-state index is -0.394. The van der Waals surface area contributed by atoms with Crippen LogP contribution in [0, 0.1) is 5.82 Å². The van der Waals surface area contributed by atoms with E-state index in [1.807, 2.05) is 24.3 Å². The van der Waals surface area contributed by atoms with E-state index in [9.17, 15) is 9.18 Å². The van der Waals surface area contributed by atoms with Gasteiger partial charge >= 0.3 is 0 Å². The van der Waals surface area contributed by atoms with E-state index >= 15 is 0 Å². The highest BCUT2D eigenvalue weighted by molar-refractivity contribution is 5.77. The molecule has 0 aliphatic carbocycles. The van der Waals surface area contributed by atoms with Crippen molar-refractivity contribution in [1.82, 2.24) is 5.32 Å². The van der Waals surface area contributed by atoms with Gasteiger partial charge in [0.25, 0.3) is 5.91 Å². The van der Waals surface area contributed by atoms with Gasteiger partial charge in [-0.3, -0.25) is 4.79 Å². The molecule has 0 atom stereocenters. The summed E-state index contributed by atoms with van der Waals surface area (Å²) in [7, 11) is 1.62. The zero-order valence-corrected chi connectivity index (χ0v) is 12.3. The maximum atomic E-state index is 13.0. The van der Waals surface area contributed by atoms with Crippen molar-refractivity contribution in [2.45, 2.75) is 6.42 Å². The van der Waals surface area contributed by atoms with Crippen molar-refractivity contribution in [3.63, 3.8) is 0 Å². The zero-order valence-electron chi connectivity index (χ0n) is 12.3. The lowest BCUT2D eigenvalue weighted by Crippen LogP contribution is -2.30. The van der Waals surface area contributed by atoms with Gasteiger partial charge in [-0.05, 0) is 30.2 Å². The van der Waals surface area contributed by atoms with Crippen LogP contribution in [0.15, 0.2) is 48.5 Å². The van der Waals surface area contributed by atoms with E-state index in [2.05, 4.69) is 5.32 Å². The molecule has 1 amide bonds. The van der Waals surface area contributed by atoms with Crippen LogP contribution in [-0.4, -0.2) is 26.2 Å². The van der Waals surface area contributed by atoms with Crippen LogP contribution >= 0.6 is 0 Å².